The number of hydrogen-bond donors (Lipinski definition) is 2. The molecule has 1 aliphatic carbocycles. The van der Waals surface area contributed by atoms with Crippen LogP contribution in [0.5, 0.6) is 5.75 Å². The van der Waals surface area contributed by atoms with Crippen LogP contribution in [0.1, 0.15) is 36.4 Å². The molecule has 0 heterocycles. The summed E-state index contributed by atoms with van der Waals surface area (Å²) < 4.78 is 0. The Morgan fingerprint density at radius 1 is 1.43 bits per heavy atom. The Labute approximate surface area is 84.7 Å². The van der Waals surface area contributed by atoms with Crippen LogP contribution in [-0.2, 0) is 0 Å². The molecule has 14 heavy (non-hydrogen) atoms. The van der Waals surface area contributed by atoms with E-state index in [1.54, 1.807) is 6.07 Å². The van der Waals surface area contributed by atoms with Crippen molar-refractivity contribution in [2.24, 2.45) is 11.7 Å². The van der Waals surface area contributed by atoms with E-state index >= 15 is 0 Å². The van der Waals surface area contributed by atoms with Crippen molar-refractivity contribution < 1.29 is 5.11 Å². The predicted molar refractivity (Wildman–Crippen MR) is 57.1 cm³/mol. The molecule has 1 saturated carbocycles. The number of hydrogen-bond acceptors (Lipinski definition) is 2. The van der Waals surface area contributed by atoms with Crippen LogP contribution in [0, 0.1) is 12.8 Å². The Morgan fingerprint density at radius 2 is 2.14 bits per heavy atom. The Hall–Kier alpha value is -1.02. The molecule has 2 heteroatoms. The molecule has 1 atom stereocenters. The first kappa shape index (κ1) is 9.53. The van der Waals surface area contributed by atoms with Gasteiger partial charge in [-0.15, -0.1) is 0 Å². The summed E-state index contributed by atoms with van der Waals surface area (Å²) in [4.78, 5) is 0. The highest BCUT2D eigenvalue weighted by molar-refractivity contribution is 5.40. The van der Waals surface area contributed by atoms with E-state index in [1.807, 2.05) is 19.1 Å². The molecule has 1 aliphatic rings. The van der Waals surface area contributed by atoms with E-state index in [2.05, 4.69) is 0 Å². The average Bonchev–Trinajstić information content (AvgIpc) is 2.06. The second-order valence-electron chi connectivity index (χ2n) is 4.21. The fourth-order valence-corrected chi connectivity index (χ4v) is 2.05. The molecule has 1 aromatic rings. The molecule has 0 aromatic heterocycles. The first-order valence-electron chi connectivity index (χ1n) is 5.24. The minimum atomic E-state index is 0.107. The molecule has 3 N–H and O–H groups in total. The summed E-state index contributed by atoms with van der Waals surface area (Å²) in [6.45, 7) is 1.93. The van der Waals surface area contributed by atoms with Gasteiger partial charge in [-0.2, -0.15) is 0 Å². The molecule has 0 bridgehead atoms. The van der Waals surface area contributed by atoms with Gasteiger partial charge in [0.25, 0.3) is 0 Å². The first-order chi connectivity index (χ1) is 6.70. The third-order valence-electron chi connectivity index (χ3n) is 3.36. The maximum Gasteiger partial charge on any atom is 0.118 e. The van der Waals surface area contributed by atoms with E-state index in [9.17, 15) is 5.11 Å². The summed E-state index contributed by atoms with van der Waals surface area (Å²) in [5.41, 5.74) is 8.20. The van der Waals surface area contributed by atoms with Crippen LogP contribution in [0.25, 0.3) is 0 Å². The number of rotatable bonds is 2. The molecular weight excluding hydrogens is 174 g/mol. The highest BCUT2D eigenvalue weighted by Crippen LogP contribution is 2.38. The average molecular weight is 191 g/mol. The molecule has 0 spiro atoms. The fraction of sp³-hybridized carbons (Fsp3) is 0.500. The van der Waals surface area contributed by atoms with Crippen LogP contribution in [0.3, 0.4) is 0 Å². The molecule has 0 saturated heterocycles. The van der Waals surface area contributed by atoms with E-state index in [4.69, 9.17) is 5.73 Å². The van der Waals surface area contributed by atoms with E-state index in [1.165, 1.54) is 19.3 Å². The summed E-state index contributed by atoms with van der Waals surface area (Å²) in [7, 11) is 0. The summed E-state index contributed by atoms with van der Waals surface area (Å²) in [5, 5.41) is 9.57. The van der Waals surface area contributed by atoms with Crippen molar-refractivity contribution in [2.45, 2.75) is 32.2 Å². The first-order valence-corrected chi connectivity index (χ1v) is 5.24. The van der Waals surface area contributed by atoms with E-state index in [0.29, 0.717) is 11.7 Å². The highest BCUT2D eigenvalue weighted by Gasteiger charge is 2.26. The molecule has 76 valence electrons. The maximum absolute atomic E-state index is 9.57. The number of nitrogens with two attached hydrogens (primary N) is 1. The molecule has 0 amide bonds. The van der Waals surface area contributed by atoms with Gasteiger partial charge in [0.15, 0.2) is 0 Å². The van der Waals surface area contributed by atoms with Gasteiger partial charge in [-0.05, 0) is 42.9 Å². The van der Waals surface area contributed by atoms with Crippen LogP contribution in [0.15, 0.2) is 18.2 Å². The van der Waals surface area contributed by atoms with Gasteiger partial charge in [-0.3, -0.25) is 0 Å². The zero-order chi connectivity index (χ0) is 10.1. The van der Waals surface area contributed by atoms with Crippen molar-refractivity contribution in [3.8, 4) is 5.75 Å². The summed E-state index contributed by atoms with van der Waals surface area (Å²) in [5.74, 6) is 0.979. The van der Waals surface area contributed by atoms with Crippen molar-refractivity contribution in [1.29, 1.82) is 0 Å². The van der Waals surface area contributed by atoms with Crippen molar-refractivity contribution >= 4 is 0 Å². The van der Waals surface area contributed by atoms with E-state index in [0.717, 1.165) is 11.1 Å². The van der Waals surface area contributed by atoms with Gasteiger partial charge in [0.1, 0.15) is 5.75 Å². The molecular formula is C12H17NO. The van der Waals surface area contributed by atoms with Gasteiger partial charge < -0.3 is 10.8 Å². The zero-order valence-corrected chi connectivity index (χ0v) is 8.53. The largest absolute Gasteiger partial charge is 0.508 e. The van der Waals surface area contributed by atoms with Crippen molar-refractivity contribution in [1.82, 2.24) is 0 Å². The van der Waals surface area contributed by atoms with Crippen LogP contribution in [-0.4, -0.2) is 5.11 Å². The lowest BCUT2D eigenvalue weighted by Crippen LogP contribution is -2.27. The molecule has 1 fully saturated rings. The molecule has 1 aromatic carbocycles. The Balaban J connectivity index is 2.26. The number of benzene rings is 1. The van der Waals surface area contributed by atoms with Crippen LogP contribution < -0.4 is 5.73 Å². The third kappa shape index (κ3) is 1.50. The van der Waals surface area contributed by atoms with Crippen LogP contribution in [0.2, 0.25) is 0 Å². The van der Waals surface area contributed by atoms with E-state index < -0.39 is 0 Å². The third-order valence-corrected chi connectivity index (χ3v) is 3.36. The van der Waals surface area contributed by atoms with Gasteiger partial charge in [0, 0.05) is 6.04 Å². The smallest absolute Gasteiger partial charge is 0.118 e. The summed E-state index contributed by atoms with van der Waals surface area (Å²) in [6.07, 6.45) is 3.77. The fourth-order valence-electron chi connectivity index (χ4n) is 2.05. The minimum Gasteiger partial charge on any atom is -0.508 e. The second kappa shape index (κ2) is 3.62. The van der Waals surface area contributed by atoms with Gasteiger partial charge in [0.05, 0.1) is 0 Å². The number of aromatic hydroxyl groups is 1. The molecule has 2 rings (SSSR count). The number of phenols is 1. The molecule has 0 aliphatic heterocycles. The van der Waals surface area contributed by atoms with Gasteiger partial charge in [-0.25, -0.2) is 0 Å². The maximum atomic E-state index is 9.57. The Bertz CT molecular complexity index is 331. The van der Waals surface area contributed by atoms with Crippen molar-refractivity contribution in [3.05, 3.63) is 29.3 Å². The predicted octanol–water partition coefficient (Wildman–Crippen LogP) is 2.50. The standard InChI is InChI=1S/C12H17NO/c1-8-10(6-3-7-11(8)14)12(13)9-4-2-5-9/h3,6-7,9,12,14H,2,4-5,13H2,1H3/t12-/m1/s1. The van der Waals surface area contributed by atoms with Gasteiger partial charge in [-0.1, -0.05) is 18.6 Å². The monoisotopic (exact) mass is 191 g/mol. The quantitative estimate of drug-likeness (QED) is 0.754. The molecule has 0 radical (unpaired) electrons. The summed E-state index contributed by atoms with van der Waals surface area (Å²) >= 11 is 0. The zero-order valence-electron chi connectivity index (χ0n) is 8.53. The SMILES string of the molecule is Cc1c(O)cccc1[C@H](N)C1CCC1. The van der Waals surface area contributed by atoms with Crippen LogP contribution in [0.4, 0.5) is 0 Å². The lowest BCUT2D eigenvalue weighted by atomic mass is 9.77. The van der Waals surface area contributed by atoms with E-state index in [-0.39, 0.29) is 6.04 Å². The lowest BCUT2D eigenvalue weighted by Gasteiger charge is -2.32. The number of phenolic OH excluding ortho intramolecular Hbond substituents is 1. The normalized spacial score (nSPS) is 19.0. The van der Waals surface area contributed by atoms with Crippen LogP contribution >= 0.6 is 0 Å². The Kier molecular flexibility index (Phi) is 2.46. The molecule has 2 nitrogen and oxygen atoms in total. The second-order valence-corrected chi connectivity index (χ2v) is 4.21. The lowest BCUT2D eigenvalue weighted by molar-refractivity contribution is 0.263. The van der Waals surface area contributed by atoms with Crippen molar-refractivity contribution in [3.63, 3.8) is 0 Å². The minimum absolute atomic E-state index is 0.107. The van der Waals surface area contributed by atoms with Crippen molar-refractivity contribution in [2.75, 3.05) is 0 Å². The highest BCUT2D eigenvalue weighted by atomic mass is 16.3. The topological polar surface area (TPSA) is 46.2 Å². The molecule has 0 unspecified atom stereocenters. The summed E-state index contributed by atoms with van der Waals surface area (Å²) in [6, 6.07) is 5.72. The van der Waals surface area contributed by atoms with Gasteiger partial charge >= 0.3 is 0 Å². The Morgan fingerprint density at radius 3 is 2.71 bits per heavy atom. The van der Waals surface area contributed by atoms with Gasteiger partial charge in [0.2, 0.25) is 0 Å².